The van der Waals surface area contributed by atoms with E-state index < -0.39 is 0 Å². The van der Waals surface area contributed by atoms with Crippen LogP contribution in [0.3, 0.4) is 0 Å². The van der Waals surface area contributed by atoms with Gasteiger partial charge in [0.05, 0.1) is 17.5 Å². The fraction of sp³-hybridized carbons (Fsp3) is 0.647. The van der Waals surface area contributed by atoms with Crippen molar-refractivity contribution in [3.05, 3.63) is 18.2 Å². The molecule has 1 fully saturated rings. The highest BCUT2D eigenvalue weighted by molar-refractivity contribution is 5.73. The Bertz CT molecular complexity index is 442. The van der Waals surface area contributed by atoms with Gasteiger partial charge in [0.1, 0.15) is 5.75 Å². The minimum Gasteiger partial charge on any atom is -0.489 e. The predicted molar refractivity (Wildman–Crippen MR) is 90.0 cm³/mol. The molecule has 0 radical (unpaired) electrons. The number of benzene rings is 1. The van der Waals surface area contributed by atoms with Gasteiger partial charge in [0, 0.05) is 12.6 Å². The number of hydrogen-bond donors (Lipinski definition) is 2. The number of nitrogen functional groups attached to an aromatic ring is 1. The van der Waals surface area contributed by atoms with Crippen LogP contribution in [-0.2, 0) is 0 Å². The van der Waals surface area contributed by atoms with Crippen LogP contribution in [0.1, 0.15) is 40.0 Å². The van der Waals surface area contributed by atoms with Crippen LogP contribution in [0.4, 0.5) is 11.4 Å². The number of nitrogens with zero attached hydrogens (tertiary/aromatic N) is 1. The van der Waals surface area contributed by atoms with E-state index in [4.69, 9.17) is 10.5 Å². The van der Waals surface area contributed by atoms with Gasteiger partial charge in [0.2, 0.25) is 0 Å². The molecule has 1 atom stereocenters. The van der Waals surface area contributed by atoms with Gasteiger partial charge in [-0.2, -0.15) is 0 Å². The summed E-state index contributed by atoms with van der Waals surface area (Å²) in [6.07, 6.45) is 4.16. The summed E-state index contributed by atoms with van der Waals surface area (Å²) < 4.78 is 5.74. The Morgan fingerprint density at radius 3 is 2.57 bits per heavy atom. The number of rotatable bonds is 6. The lowest BCUT2D eigenvalue weighted by molar-refractivity contribution is 0.223. The van der Waals surface area contributed by atoms with Crippen molar-refractivity contribution in [3.8, 4) is 5.75 Å². The molecule has 3 N–H and O–H groups in total. The van der Waals surface area contributed by atoms with Crippen LogP contribution >= 0.6 is 0 Å². The number of ether oxygens (including phenoxy) is 1. The summed E-state index contributed by atoms with van der Waals surface area (Å²) in [7, 11) is 0. The fourth-order valence-corrected chi connectivity index (χ4v) is 2.87. The van der Waals surface area contributed by atoms with Crippen molar-refractivity contribution in [3.63, 3.8) is 0 Å². The minimum atomic E-state index is 0.133. The highest BCUT2D eigenvalue weighted by Crippen LogP contribution is 2.30. The molecule has 0 amide bonds. The number of piperidine rings is 1. The second-order valence-corrected chi connectivity index (χ2v) is 6.29. The molecular weight excluding hydrogens is 262 g/mol. The maximum atomic E-state index is 6.21. The molecule has 1 unspecified atom stereocenters. The lowest BCUT2D eigenvalue weighted by atomic mass is 10.1. The van der Waals surface area contributed by atoms with Crippen LogP contribution in [0.5, 0.6) is 5.75 Å². The van der Waals surface area contributed by atoms with Gasteiger partial charge < -0.3 is 20.7 Å². The fourth-order valence-electron chi connectivity index (χ4n) is 2.87. The Morgan fingerprint density at radius 1 is 1.19 bits per heavy atom. The first-order valence-corrected chi connectivity index (χ1v) is 8.10. The molecule has 0 aromatic heterocycles. The molecule has 0 spiro atoms. The predicted octanol–water partition coefficient (Wildman–Crippen LogP) is 3.34. The van der Waals surface area contributed by atoms with Gasteiger partial charge in [0.15, 0.2) is 0 Å². The van der Waals surface area contributed by atoms with E-state index in [0.717, 1.165) is 18.0 Å². The smallest absolute Gasteiger partial charge is 0.144 e. The van der Waals surface area contributed by atoms with Crippen molar-refractivity contribution < 1.29 is 4.74 Å². The van der Waals surface area contributed by atoms with Crippen LogP contribution in [0.25, 0.3) is 0 Å². The molecule has 2 rings (SSSR count). The van der Waals surface area contributed by atoms with E-state index >= 15 is 0 Å². The van der Waals surface area contributed by atoms with Crippen molar-refractivity contribution >= 4 is 11.4 Å². The van der Waals surface area contributed by atoms with Crippen molar-refractivity contribution in [1.82, 2.24) is 4.90 Å². The zero-order chi connectivity index (χ0) is 15.2. The summed E-state index contributed by atoms with van der Waals surface area (Å²) in [5.41, 5.74) is 7.89. The molecule has 0 saturated carbocycles. The van der Waals surface area contributed by atoms with Gasteiger partial charge in [0.25, 0.3) is 0 Å². The highest BCUT2D eigenvalue weighted by atomic mass is 16.5. The zero-order valence-corrected chi connectivity index (χ0v) is 13.6. The zero-order valence-electron chi connectivity index (χ0n) is 13.6. The summed E-state index contributed by atoms with van der Waals surface area (Å²) in [6, 6.07) is 6.31. The van der Waals surface area contributed by atoms with Crippen LogP contribution in [-0.4, -0.2) is 36.7 Å². The van der Waals surface area contributed by atoms with Gasteiger partial charge in [-0.15, -0.1) is 0 Å². The Hall–Kier alpha value is -1.42. The Balaban J connectivity index is 1.94. The van der Waals surface area contributed by atoms with Gasteiger partial charge in [-0.3, -0.25) is 0 Å². The van der Waals surface area contributed by atoms with Crippen molar-refractivity contribution in [1.29, 1.82) is 0 Å². The minimum absolute atomic E-state index is 0.133. The number of anilines is 2. The van der Waals surface area contributed by atoms with E-state index in [2.05, 4.69) is 17.1 Å². The molecule has 1 heterocycles. The summed E-state index contributed by atoms with van der Waals surface area (Å²) in [6.45, 7) is 9.74. The molecule has 1 aliphatic rings. The molecule has 21 heavy (non-hydrogen) atoms. The molecule has 4 heteroatoms. The molecule has 118 valence electrons. The Kier molecular flexibility index (Phi) is 5.74. The maximum Gasteiger partial charge on any atom is 0.144 e. The molecule has 1 aliphatic heterocycles. The lowest BCUT2D eigenvalue weighted by Crippen LogP contribution is -2.38. The molecule has 1 aromatic rings. The van der Waals surface area contributed by atoms with E-state index in [1.165, 1.54) is 32.4 Å². The second-order valence-electron chi connectivity index (χ2n) is 6.29. The van der Waals surface area contributed by atoms with Gasteiger partial charge in [-0.25, -0.2) is 0 Å². The van der Waals surface area contributed by atoms with Crippen molar-refractivity contribution in [2.75, 3.05) is 30.7 Å². The van der Waals surface area contributed by atoms with Crippen LogP contribution in [0.2, 0.25) is 0 Å². The molecule has 1 aromatic carbocycles. The second kappa shape index (κ2) is 7.55. The van der Waals surface area contributed by atoms with E-state index in [0.29, 0.717) is 11.7 Å². The molecule has 1 saturated heterocycles. The van der Waals surface area contributed by atoms with Crippen LogP contribution < -0.4 is 15.8 Å². The number of likely N-dealkylation sites (tertiary alicyclic amines) is 1. The van der Waals surface area contributed by atoms with Crippen molar-refractivity contribution in [2.45, 2.75) is 52.2 Å². The van der Waals surface area contributed by atoms with Crippen LogP contribution in [0.15, 0.2) is 18.2 Å². The van der Waals surface area contributed by atoms with Crippen molar-refractivity contribution in [2.24, 2.45) is 0 Å². The topological polar surface area (TPSA) is 50.5 Å². The van der Waals surface area contributed by atoms with Crippen LogP contribution in [0, 0.1) is 0 Å². The van der Waals surface area contributed by atoms with E-state index in [1.54, 1.807) is 0 Å². The first kappa shape index (κ1) is 16.0. The van der Waals surface area contributed by atoms with Gasteiger partial charge in [-0.05, 0) is 58.8 Å². The average Bonchev–Trinajstić information content (AvgIpc) is 2.44. The SMILES string of the molecule is CC(CN1CCCCC1)Nc1cccc(OC(C)C)c1N. The Labute approximate surface area is 128 Å². The summed E-state index contributed by atoms with van der Waals surface area (Å²) in [5.74, 6) is 0.764. The monoisotopic (exact) mass is 291 g/mol. The molecular formula is C17H29N3O. The third-order valence-electron chi connectivity index (χ3n) is 3.81. The number of nitrogens with one attached hydrogen (secondary N) is 1. The highest BCUT2D eigenvalue weighted by Gasteiger charge is 2.15. The molecule has 0 aliphatic carbocycles. The molecule has 4 nitrogen and oxygen atoms in total. The average molecular weight is 291 g/mol. The normalized spacial score (nSPS) is 17.7. The Morgan fingerprint density at radius 2 is 1.90 bits per heavy atom. The quantitative estimate of drug-likeness (QED) is 0.789. The number of hydrogen-bond acceptors (Lipinski definition) is 4. The number of para-hydroxylation sites is 1. The summed E-state index contributed by atoms with van der Waals surface area (Å²) in [5, 5.41) is 3.52. The largest absolute Gasteiger partial charge is 0.489 e. The van der Waals surface area contributed by atoms with E-state index in [-0.39, 0.29) is 6.10 Å². The van der Waals surface area contributed by atoms with E-state index in [9.17, 15) is 0 Å². The standard InChI is InChI=1S/C17H29N3O/c1-13(2)21-16-9-7-8-15(17(16)18)19-14(3)12-20-10-5-4-6-11-20/h7-9,13-14,19H,4-6,10-12,18H2,1-3H3. The number of nitrogens with two attached hydrogens (primary N) is 1. The van der Waals surface area contributed by atoms with E-state index in [1.807, 2.05) is 32.0 Å². The maximum absolute atomic E-state index is 6.21. The first-order chi connectivity index (χ1) is 10.1. The molecule has 0 bridgehead atoms. The summed E-state index contributed by atoms with van der Waals surface area (Å²) in [4.78, 5) is 2.53. The first-order valence-electron chi connectivity index (χ1n) is 8.10. The van der Waals surface area contributed by atoms with Gasteiger partial charge >= 0.3 is 0 Å². The third kappa shape index (κ3) is 4.81. The third-order valence-corrected chi connectivity index (χ3v) is 3.81. The lowest BCUT2D eigenvalue weighted by Gasteiger charge is -2.30. The van der Waals surface area contributed by atoms with Gasteiger partial charge in [-0.1, -0.05) is 12.5 Å². The summed E-state index contributed by atoms with van der Waals surface area (Å²) >= 11 is 0.